The summed E-state index contributed by atoms with van der Waals surface area (Å²) in [5.41, 5.74) is 1.56. The van der Waals surface area contributed by atoms with Crippen molar-refractivity contribution in [3.63, 3.8) is 0 Å². The van der Waals surface area contributed by atoms with Crippen LogP contribution in [0.15, 0.2) is 18.2 Å². The lowest BCUT2D eigenvalue weighted by molar-refractivity contribution is 0.0970. The lowest BCUT2D eigenvalue weighted by Crippen LogP contribution is -2.24. The highest BCUT2D eigenvalue weighted by Crippen LogP contribution is 2.25. The molecule has 0 radical (unpaired) electrons. The molecule has 0 spiro atoms. The number of halogens is 2. The highest BCUT2D eigenvalue weighted by molar-refractivity contribution is 5.38. The van der Waals surface area contributed by atoms with Crippen LogP contribution in [-0.2, 0) is 6.54 Å². The normalized spacial score (nSPS) is 13.1. The zero-order valence-corrected chi connectivity index (χ0v) is 11.6. The first-order chi connectivity index (χ1) is 8.93. The molecule has 1 aromatic rings. The summed E-state index contributed by atoms with van der Waals surface area (Å²) in [6.45, 7) is 4.13. The van der Waals surface area contributed by atoms with Crippen LogP contribution in [0.3, 0.4) is 0 Å². The molecule has 0 aliphatic carbocycles. The minimum atomic E-state index is -2.36. The number of aliphatic hydroxyl groups excluding tert-OH is 1. The maximum Gasteiger partial charge on any atom is 0.251 e. The van der Waals surface area contributed by atoms with E-state index in [1.807, 2.05) is 6.92 Å². The van der Waals surface area contributed by atoms with Crippen LogP contribution >= 0.6 is 0 Å². The molecule has 0 amide bonds. The van der Waals surface area contributed by atoms with Gasteiger partial charge in [-0.15, -0.1) is 0 Å². The number of nitrogens with zero attached hydrogens (tertiary/aromatic N) is 1. The fraction of sp³-hybridized carbons (Fsp3) is 0.571. The van der Waals surface area contributed by atoms with E-state index in [9.17, 15) is 13.9 Å². The molecular formula is C14H21F2NO2. The SMILES string of the molecule is CCOc1ccc(C(C)O)cc1CN(C)CC(F)F. The number of ether oxygens (including phenoxy) is 1. The minimum absolute atomic E-state index is 0.287. The van der Waals surface area contributed by atoms with Gasteiger partial charge >= 0.3 is 0 Å². The maximum atomic E-state index is 12.3. The second-order valence-corrected chi connectivity index (χ2v) is 4.56. The summed E-state index contributed by atoms with van der Waals surface area (Å²) < 4.78 is 30.1. The molecule has 108 valence electrons. The number of alkyl halides is 2. The van der Waals surface area contributed by atoms with E-state index in [1.165, 1.54) is 4.90 Å². The fourth-order valence-corrected chi connectivity index (χ4v) is 1.87. The zero-order valence-electron chi connectivity index (χ0n) is 11.6. The number of hydrogen-bond donors (Lipinski definition) is 1. The van der Waals surface area contributed by atoms with E-state index in [0.29, 0.717) is 18.9 Å². The molecule has 1 atom stereocenters. The monoisotopic (exact) mass is 273 g/mol. The molecule has 0 heterocycles. The van der Waals surface area contributed by atoms with Crippen molar-refractivity contribution in [2.45, 2.75) is 32.9 Å². The molecule has 0 aromatic heterocycles. The Kier molecular flexibility index (Phi) is 6.18. The lowest BCUT2D eigenvalue weighted by atomic mass is 10.1. The third-order valence-corrected chi connectivity index (χ3v) is 2.76. The van der Waals surface area contributed by atoms with Gasteiger partial charge in [0.15, 0.2) is 0 Å². The topological polar surface area (TPSA) is 32.7 Å². The van der Waals surface area contributed by atoms with Crippen LogP contribution in [0.25, 0.3) is 0 Å². The minimum Gasteiger partial charge on any atom is -0.494 e. The summed E-state index contributed by atoms with van der Waals surface area (Å²) in [7, 11) is 1.64. The average molecular weight is 273 g/mol. The van der Waals surface area contributed by atoms with E-state index >= 15 is 0 Å². The Balaban J connectivity index is 2.90. The van der Waals surface area contributed by atoms with E-state index in [-0.39, 0.29) is 6.54 Å². The second kappa shape index (κ2) is 7.40. The number of hydrogen-bond acceptors (Lipinski definition) is 3. The van der Waals surface area contributed by atoms with Crippen molar-refractivity contribution in [2.75, 3.05) is 20.2 Å². The molecule has 3 nitrogen and oxygen atoms in total. The molecule has 0 saturated heterocycles. The van der Waals surface area contributed by atoms with Crippen LogP contribution in [0.4, 0.5) is 8.78 Å². The molecule has 19 heavy (non-hydrogen) atoms. The Morgan fingerprint density at radius 2 is 2.05 bits per heavy atom. The standard InChI is InChI=1S/C14H21F2NO2/c1-4-19-13-6-5-11(10(2)18)7-12(13)8-17(3)9-14(15)16/h5-7,10,14,18H,4,8-9H2,1-3H3. The first-order valence-corrected chi connectivity index (χ1v) is 6.34. The Labute approximate surface area is 112 Å². The van der Waals surface area contributed by atoms with Crippen molar-refractivity contribution in [3.05, 3.63) is 29.3 Å². The van der Waals surface area contributed by atoms with Crippen molar-refractivity contribution in [1.29, 1.82) is 0 Å². The molecule has 0 aliphatic rings. The summed E-state index contributed by atoms with van der Waals surface area (Å²) in [6.07, 6.45) is -2.95. The Morgan fingerprint density at radius 3 is 2.58 bits per heavy atom. The van der Waals surface area contributed by atoms with Gasteiger partial charge in [-0.1, -0.05) is 6.07 Å². The summed E-state index contributed by atoms with van der Waals surface area (Å²) in [5, 5.41) is 9.57. The fourth-order valence-electron chi connectivity index (χ4n) is 1.87. The molecule has 5 heteroatoms. The van der Waals surface area contributed by atoms with Crippen molar-refractivity contribution >= 4 is 0 Å². The van der Waals surface area contributed by atoms with Gasteiger partial charge in [0, 0.05) is 12.1 Å². The van der Waals surface area contributed by atoms with Crippen LogP contribution in [-0.4, -0.2) is 36.6 Å². The zero-order chi connectivity index (χ0) is 14.4. The lowest BCUT2D eigenvalue weighted by Gasteiger charge is -2.19. The maximum absolute atomic E-state index is 12.3. The molecule has 0 saturated carbocycles. The van der Waals surface area contributed by atoms with Crippen LogP contribution in [0, 0.1) is 0 Å². The highest BCUT2D eigenvalue weighted by atomic mass is 19.3. The first-order valence-electron chi connectivity index (χ1n) is 6.34. The van der Waals surface area contributed by atoms with Gasteiger partial charge in [-0.3, -0.25) is 4.90 Å². The second-order valence-electron chi connectivity index (χ2n) is 4.56. The van der Waals surface area contributed by atoms with Crippen molar-refractivity contribution in [3.8, 4) is 5.75 Å². The Hall–Kier alpha value is -1.20. The summed E-state index contributed by atoms with van der Waals surface area (Å²) in [5.74, 6) is 0.674. The number of benzene rings is 1. The molecular weight excluding hydrogens is 252 g/mol. The van der Waals surface area contributed by atoms with Crippen molar-refractivity contribution in [1.82, 2.24) is 4.90 Å². The van der Waals surface area contributed by atoms with Gasteiger partial charge in [-0.2, -0.15) is 0 Å². The quantitative estimate of drug-likeness (QED) is 0.829. The number of aliphatic hydroxyl groups is 1. The predicted octanol–water partition coefficient (Wildman–Crippen LogP) is 2.84. The third kappa shape index (κ3) is 5.12. The molecule has 0 bridgehead atoms. The van der Waals surface area contributed by atoms with Crippen LogP contribution in [0.5, 0.6) is 5.75 Å². The molecule has 0 fully saturated rings. The molecule has 1 unspecified atom stereocenters. The van der Waals surface area contributed by atoms with Gasteiger partial charge in [-0.25, -0.2) is 8.78 Å². The summed E-state index contributed by atoms with van der Waals surface area (Å²) in [4.78, 5) is 1.54. The van der Waals surface area contributed by atoms with E-state index in [2.05, 4.69) is 0 Å². The summed E-state index contributed by atoms with van der Waals surface area (Å²) >= 11 is 0. The molecule has 1 aromatic carbocycles. The van der Waals surface area contributed by atoms with Gasteiger partial charge in [0.1, 0.15) is 5.75 Å². The van der Waals surface area contributed by atoms with Crippen molar-refractivity contribution in [2.24, 2.45) is 0 Å². The van der Waals surface area contributed by atoms with Crippen LogP contribution < -0.4 is 4.74 Å². The average Bonchev–Trinajstić information content (AvgIpc) is 2.30. The largest absolute Gasteiger partial charge is 0.494 e. The molecule has 1 N–H and O–H groups in total. The van der Waals surface area contributed by atoms with E-state index in [1.54, 1.807) is 32.2 Å². The van der Waals surface area contributed by atoms with E-state index < -0.39 is 12.5 Å². The molecule has 1 rings (SSSR count). The van der Waals surface area contributed by atoms with Gasteiger partial charge < -0.3 is 9.84 Å². The van der Waals surface area contributed by atoms with E-state index in [0.717, 1.165) is 11.1 Å². The Bertz CT molecular complexity index is 397. The Morgan fingerprint density at radius 1 is 1.37 bits per heavy atom. The number of rotatable bonds is 7. The van der Waals surface area contributed by atoms with Crippen LogP contribution in [0.2, 0.25) is 0 Å². The first kappa shape index (κ1) is 15.9. The van der Waals surface area contributed by atoms with E-state index in [4.69, 9.17) is 4.74 Å². The van der Waals surface area contributed by atoms with Gasteiger partial charge in [-0.05, 0) is 38.6 Å². The summed E-state index contributed by atoms with van der Waals surface area (Å²) in [6, 6.07) is 5.36. The van der Waals surface area contributed by atoms with Gasteiger partial charge in [0.2, 0.25) is 0 Å². The third-order valence-electron chi connectivity index (χ3n) is 2.76. The van der Waals surface area contributed by atoms with Crippen LogP contribution in [0.1, 0.15) is 31.1 Å². The molecule has 0 aliphatic heterocycles. The van der Waals surface area contributed by atoms with Crippen molar-refractivity contribution < 1.29 is 18.6 Å². The smallest absolute Gasteiger partial charge is 0.251 e. The van der Waals surface area contributed by atoms with Gasteiger partial charge in [0.05, 0.1) is 19.3 Å². The van der Waals surface area contributed by atoms with Gasteiger partial charge in [0.25, 0.3) is 6.43 Å². The predicted molar refractivity (Wildman–Crippen MR) is 70.6 cm³/mol. The highest BCUT2D eigenvalue weighted by Gasteiger charge is 2.13.